The summed E-state index contributed by atoms with van der Waals surface area (Å²) >= 11 is 5.91. The number of methoxy groups -OCH3 is 1. The van der Waals surface area contributed by atoms with E-state index in [1.807, 2.05) is 13.0 Å². The van der Waals surface area contributed by atoms with Gasteiger partial charge in [0.25, 0.3) is 0 Å². The lowest BCUT2D eigenvalue weighted by molar-refractivity contribution is 0.0595. The van der Waals surface area contributed by atoms with Crippen LogP contribution in [0.5, 0.6) is 0 Å². The number of nitrogens with one attached hydrogen (secondary N) is 1. The highest BCUT2D eigenvalue weighted by Gasteiger charge is 2.15. The van der Waals surface area contributed by atoms with Crippen LogP contribution in [-0.2, 0) is 4.74 Å². The molecule has 2 aromatic carbocycles. The first kappa shape index (κ1) is 19.4. The molecule has 0 bridgehead atoms. The minimum absolute atomic E-state index is 0.00718. The van der Waals surface area contributed by atoms with Gasteiger partial charge in [-0.25, -0.2) is 9.18 Å². The third-order valence-electron chi connectivity index (χ3n) is 3.99. The van der Waals surface area contributed by atoms with Gasteiger partial charge < -0.3 is 15.2 Å². The van der Waals surface area contributed by atoms with Gasteiger partial charge in [0.1, 0.15) is 5.82 Å². The van der Waals surface area contributed by atoms with E-state index in [-0.39, 0.29) is 11.5 Å². The Kier molecular flexibility index (Phi) is 6.93. The van der Waals surface area contributed by atoms with Gasteiger partial charge in [0.05, 0.1) is 18.8 Å². The Morgan fingerprint density at radius 1 is 1.24 bits per heavy atom. The van der Waals surface area contributed by atoms with E-state index in [1.165, 1.54) is 19.2 Å². The Morgan fingerprint density at radius 2 is 2.00 bits per heavy atom. The van der Waals surface area contributed by atoms with Crippen LogP contribution in [0.4, 0.5) is 4.39 Å². The fourth-order valence-corrected chi connectivity index (χ4v) is 2.70. The zero-order valence-electron chi connectivity index (χ0n) is 14.1. The summed E-state index contributed by atoms with van der Waals surface area (Å²) in [4.78, 5) is 11.4. The molecule has 0 heterocycles. The van der Waals surface area contributed by atoms with Crippen molar-refractivity contribution in [2.45, 2.75) is 18.9 Å². The van der Waals surface area contributed by atoms with E-state index in [9.17, 15) is 14.3 Å². The van der Waals surface area contributed by atoms with E-state index in [0.717, 1.165) is 11.1 Å². The van der Waals surface area contributed by atoms with Gasteiger partial charge in [0, 0.05) is 18.1 Å². The maximum absolute atomic E-state index is 14.0. The second-order valence-corrected chi connectivity index (χ2v) is 6.30. The molecule has 0 saturated carbocycles. The molecule has 2 rings (SSSR count). The van der Waals surface area contributed by atoms with Gasteiger partial charge in [-0.05, 0) is 41.3 Å². The van der Waals surface area contributed by atoms with Gasteiger partial charge in [-0.15, -0.1) is 0 Å². The number of hydrogen-bond acceptors (Lipinski definition) is 4. The summed E-state index contributed by atoms with van der Waals surface area (Å²) in [6.07, 6.45) is -0.677. The summed E-state index contributed by atoms with van der Waals surface area (Å²) in [7, 11) is 1.22. The standard InChI is InChI=1S/C19H21ClFNO3/c1-12(13-6-7-16(17(21)9-13)19(24)25-2)10-22-11-18(23)14-4-3-5-15(20)8-14/h3-9,12,18,22-23H,10-11H2,1-2H3. The summed E-state index contributed by atoms with van der Waals surface area (Å²) in [5.74, 6) is -1.29. The molecular formula is C19H21ClFNO3. The second kappa shape index (κ2) is 8.94. The lowest BCUT2D eigenvalue weighted by atomic mass is 9.99. The Hall–Kier alpha value is -1.95. The molecule has 6 heteroatoms. The van der Waals surface area contributed by atoms with Crippen LogP contribution in [0.15, 0.2) is 42.5 Å². The Morgan fingerprint density at radius 3 is 2.64 bits per heavy atom. The second-order valence-electron chi connectivity index (χ2n) is 5.86. The van der Waals surface area contributed by atoms with Gasteiger partial charge in [-0.2, -0.15) is 0 Å². The number of benzene rings is 2. The average molecular weight is 366 g/mol. The molecule has 0 aliphatic carbocycles. The monoisotopic (exact) mass is 365 g/mol. The molecule has 25 heavy (non-hydrogen) atoms. The molecule has 0 radical (unpaired) electrons. The molecule has 4 nitrogen and oxygen atoms in total. The highest BCUT2D eigenvalue weighted by molar-refractivity contribution is 6.30. The number of aliphatic hydroxyl groups excluding tert-OH is 1. The number of carbonyl (C=O) groups excluding carboxylic acids is 1. The molecule has 0 aliphatic rings. The van der Waals surface area contributed by atoms with Crippen molar-refractivity contribution in [3.63, 3.8) is 0 Å². The van der Waals surface area contributed by atoms with Crippen molar-refractivity contribution in [3.8, 4) is 0 Å². The van der Waals surface area contributed by atoms with E-state index < -0.39 is 17.9 Å². The highest BCUT2D eigenvalue weighted by atomic mass is 35.5. The summed E-state index contributed by atoms with van der Waals surface area (Å²) in [5.41, 5.74) is 1.42. The molecule has 0 aliphatic heterocycles. The quantitative estimate of drug-likeness (QED) is 0.735. The van der Waals surface area contributed by atoms with Crippen LogP contribution < -0.4 is 5.32 Å². The van der Waals surface area contributed by atoms with Gasteiger partial charge in [-0.3, -0.25) is 0 Å². The topological polar surface area (TPSA) is 58.6 Å². The minimum atomic E-state index is -0.695. The Balaban J connectivity index is 1.91. The van der Waals surface area contributed by atoms with E-state index in [0.29, 0.717) is 18.1 Å². The predicted octanol–water partition coefficient (Wildman–Crippen LogP) is 3.69. The minimum Gasteiger partial charge on any atom is -0.465 e. The summed E-state index contributed by atoms with van der Waals surface area (Å²) in [5, 5.41) is 13.9. The van der Waals surface area contributed by atoms with E-state index >= 15 is 0 Å². The van der Waals surface area contributed by atoms with Crippen molar-refractivity contribution in [1.29, 1.82) is 0 Å². The lowest BCUT2D eigenvalue weighted by Crippen LogP contribution is -2.25. The fourth-order valence-electron chi connectivity index (χ4n) is 2.50. The summed E-state index contributed by atoms with van der Waals surface area (Å²) in [6, 6.07) is 11.5. The van der Waals surface area contributed by atoms with Crippen molar-refractivity contribution in [3.05, 3.63) is 70.0 Å². The van der Waals surface area contributed by atoms with Crippen LogP contribution in [0.3, 0.4) is 0 Å². The molecule has 2 N–H and O–H groups in total. The zero-order valence-corrected chi connectivity index (χ0v) is 14.9. The van der Waals surface area contributed by atoms with Gasteiger partial charge in [0.2, 0.25) is 0 Å². The lowest BCUT2D eigenvalue weighted by Gasteiger charge is -2.17. The molecular weight excluding hydrogens is 345 g/mol. The van der Waals surface area contributed by atoms with Crippen LogP contribution in [0, 0.1) is 5.82 Å². The number of ether oxygens (including phenoxy) is 1. The molecule has 0 fully saturated rings. The maximum Gasteiger partial charge on any atom is 0.340 e. The molecule has 0 spiro atoms. The van der Waals surface area contributed by atoms with Gasteiger partial charge in [-0.1, -0.05) is 36.7 Å². The fraction of sp³-hybridized carbons (Fsp3) is 0.316. The average Bonchev–Trinajstić information content (AvgIpc) is 2.60. The molecule has 0 saturated heterocycles. The number of carbonyl (C=O) groups is 1. The van der Waals surface area contributed by atoms with Crippen LogP contribution in [0.25, 0.3) is 0 Å². The summed E-state index contributed by atoms with van der Waals surface area (Å²) in [6.45, 7) is 2.84. The third kappa shape index (κ3) is 5.26. The number of esters is 1. The van der Waals surface area contributed by atoms with Crippen LogP contribution in [0.2, 0.25) is 5.02 Å². The van der Waals surface area contributed by atoms with Crippen molar-refractivity contribution < 1.29 is 19.0 Å². The molecule has 0 aromatic heterocycles. The SMILES string of the molecule is COC(=O)c1ccc(C(C)CNCC(O)c2cccc(Cl)c2)cc1F. The molecule has 0 amide bonds. The molecule has 2 unspecified atom stereocenters. The first-order chi connectivity index (χ1) is 11.9. The first-order valence-corrected chi connectivity index (χ1v) is 8.32. The van der Waals surface area contributed by atoms with Crippen molar-refractivity contribution >= 4 is 17.6 Å². The molecule has 2 atom stereocenters. The number of rotatable bonds is 7. The number of aliphatic hydroxyl groups is 1. The van der Waals surface area contributed by atoms with Crippen LogP contribution in [-0.4, -0.2) is 31.3 Å². The first-order valence-electron chi connectivity index (χ1n) is 7.94. The van der Waals surface area contributed by atoms with E-state index in [4.69, 9.17) is 11.6 Å². The molecule has 2 aromatic rings. The normalized spacial score (nSPS) is 13.3. The predicted molar refractivity (Wildman–Crippen MR) is 95.4 cm³/mol. The number of halogens is 2. The van der Waals surface area contributed by atoms with Crippen molar-refractivity contribution in [1.82, 2.24) is 5.32 Å². The smallest absolute Gasteiger partial charge is 0.340 e. The maximum atomic E-state index is 14.0. The van der Waals surface area contributed by atoms with E-state index in [1.54, 1.807) is 24.3 Å². The Bertz CT molecular complexity index is 738. The van der Waals surface area contributed by atoms with E-state index in [2.05, 4.69) is 10.1 Å². The van der Waals surface area contributed by atoms with Gasteiger partial charge >= 0.3 is 5.97 Å². The van der Waals surface area contributed by atoms with Gasteiger partial charge in [0.15, 0.2) is 0 Å². The molecule has 134 valence electrons. The zero-order chi connectivity index (χ0) is 18.4. The third-order valence-corrected chi connectivity index (χ3v) is 4.22. The van der Waals surface area contributed by atoms with Crippen molar-refractivity contribution in [2.24, 2.45) is 0 Å². The van der Waals surface area contributed by atoms with Crippen molar-refractivity contribution in [2.75, 3.05) is 20.2 Å². The highest BCUT2D eigenvalue weighted by Crippen LogP contribution is 2.20. The number of hydrogen-bond donors (Lipinski definition) is 2. The van der Waals surface area contributed by atoms with Crippen LogP contribution >= 0.6 is 11.6 Å². The Labute approximate surface area is 151 Å². The van der Waals surface area contributed by atoms with Crippen LogP contribution in [0.1, 0.15) is 40.4 Å². The summed E-state index contributed by atoms with van der Waals surface area (Å²) < 4.78 is 18.5. The largest absolute Gasteiger partial charge is 0.465 e.